The zero-order valence-electron chi connectivity index (χ0n) is 16.6. The first-order valence-corrected chi connectivity index (χ1v) is 9.40. The Morgan fingerprint density at radius 2 is 2.00 bits per heavy atom. The molecule has 0 bridgehead atoms. The summed E-state index contributed by atoms with van der Waals surface area (Å²) in [6.07, 6.45) is 1.02. The van der Waals surface area contributed by atoms with Crippen molar-refractivity contribution in [2.45, 2.75) is 26.9 Å². The minimum atomic E-state index is 0.329. The summed E-state index contributed by atoms with van der Waals surface area (Å²) in [5.41, 5.74) is 5.65. The van der Waals surface area contributed by atoms with E-state index in [4.69, 9.17) is 9.68 Å². The summed E-state index contributed by atoms with van der Waals surface area (Å²) in [5, 5.41) is 11.8. The average molecular weight is 378 g/mol. The molecule has 1 N–H and O–H groups in total. The molecule has 0 saturated carbocycles. The van der Waals surface area contributed by atoms with E-state index in [1.165, 1.54) is 12.7 Å². The predicted octanol–water partition coefficient (Wildman–Crippen LogP) is 3.68. The SMILES string of the molecule is CO/N=C(/C1=NCCCN1)c1ccccc1CO/N=C(\C)c1cccc(C)c1. The number of hydrogen-bond acceptors (Lipinski definition) is 6. The van der Waals surface area contributed by atoms with Crippen LogP contribution in [0.1, 0.15) is 35.6 Å². The Balaban J connectivity index is 1.79. The molecule has 2 aromatic rings. The Hall–Kier alpha value is -3.15. The van der Waals surface area contributed by atoms with Crippen LogP contribution in [-0.2, 0) is 16.3 Å². The maximum atomic E-state index is 5.66. The Bertz CT molecular complexity index is 903. The topological polar surface area (TPSA) is 67.6 Å². The Kier molecular flexibility index (Phi) is 6.78. The van der Waals surface area contributed by atoms with E-state index >= 15 is 0 Å². The van der Waals surface area contributed by atoms with Crippen molar-refractivity contribution in [3.63, 3.8) is 0 Å². The third kappa shape index (κ3) is 4.97. The molecule has 1 heterocycles. The second kappa shape index (κ2) is 9.69. The predicted molar refractivity (Wildman–Crippen MR) is 113 cm³/mol. The number of aryl methyl sites for hydroxylation is 1. The molecule has 146 valence electrons. The normalized spacial score (nSPS) is 14.9. The number of amidine groups is 1. The molecule has 2 aromatic carbocycles. The largest absolute Gasteiger partial charge is 0.399 e. The lowest BCUT2D eigenvalue weighted by atomic mass is 10.0. The van der Waals surface area contributed by atoms with Gasteiger partial charge in [0.05, 0.1) is 5.71 Å². The van der Waals surface area contributed by atoms with Crippen LogP contribution in [0.3, 0.4) is 0 Å². The van der Waals surface area contributed by atoms with E-state index in [0.29, 0.717) is 12.3 Å². The fourth-order valence-electron chi connectivity index (χ4n) is 3.00. The van der Waals surface area contributed by atoms with Crippen LogP contribution < -0.4 is 5.32 Å². The molecular formula is C22H26N4O2. The molecule has 0 aromatic heterocycles. The summed E-state index contributed by atoms with van der Waals surface area (Å²) in [4.78, 5) is 15.3. The van der Waals surface area contributed by atoms with Gasteiger partial charge in [-0.3, -0.25) is 4.99 Å². The summed E-state index contributed by atoms with van der Waals surface area (Å²) in [6, 6.07) is 16.1. The Morgan fingerprint density at radius 3 is 2.75 bits per heavy atom. The van der Waals surface area contributed by atoms with Gasteiger partial charge in [0, 0.05) is 24.2 Å². The van der Waals surface area contributed by atoms with Gasteiger partial charge in [-0.1, -0.05) is 64.4 Å². The van der Waals surface area contributed by atoms with Crippen molar-refractivity contribution in [2.24, 2.45) is 15.3 Å². The second-order valence-corrected chi connectivity index (χ2v) is 6.61. The molecule has 6 heteroatoms. The van der Waals surface area contributed by atoms with Crippen molar-refractivity contribution in [3.05, 3.63) is 70.8 Å². The van der Waals surface area contributed by atoms with E-state index in [0.717, 1.165) is 47.7 Å². The zero-order valence-corrected chi connectivity index (χ0v) is 16.6. The van der Waals surface area contributed by atoms with Gasteiger partial charge in [0.1, 0.15) is 13.7 Å². The van der Waals surface area contributed by atoms with Crippen molar-refractivity contribution < 1.29 is 9.68 Å². The lowest BCUT2D eigenvalue weighted by molar-refractivity contribution is 0.130. The third-order valence-electron chi connectivity index (χ3n) is 4.43. The maximum absolute atomic E-state index is 5.66. The van der Waals surface area contributed by atoms with Crippen LogP contribution in [0.5, 0.6) is 0 Å². The number of oxime groups is 2. The van der Waals surface area contributed by atoms with E-state index in [1.807, 2.05) is 43.3 Å². The van der Waals surface area contributed by atoms with Gasteiger partial charge in [-0.25, -0.2) is 0 Å². The molecule has 0 amide bonds. The van der Waals surface area contributed by atoms with Crippen LogP contribution in [0.2, 0.25) is 0 Å². The van der Waals surface area contributed by atoms with Crippen LogP contribution in [-0.4, -0.2) is 37.5 Å². The molecule has 1 aliphatic rings. The number of aliphatic imine (C=N–C) groups is 1. The highest BCUT2D eigenvalue weighted by Crippen LogP contribution is 2.14. The summed E-state index contributed by atoms with van der Waals surface area (Å²) in [5.74, 6) is 0.750. The lowest BCUT2D eigenvalue weighted by Crippen LogP contribution is -2.36. The number of rotatable bonds is 7. The van der Waals surface area contributed by atoms with E-state index in [2.05, 4.69) is 39.7 Å². The first kappa shape index (κ1) is 19.6. The minimum Gasteiger partial charge on any atom is -0.399 e. The number of nitrogens with zero attached hydrogens (tertiary/aromatic N) is 3. The highest BCUT2D eigenvalue weighted by atomic mass is 16.6. The summed E-state index contributed by atoms with van der Waals surface area (Å²) in [7, 11) is 1.54. The Morgan fingerprint density at radius 1 is 1.14 bits per heavy atom. The molecule has 3 rings (SSSR count). The highest BCUT2D eigenvalue weighted by Gasteiger charge is 2.18. The first-order valence-electron chi connectivity index (χ1n) is 9.40. The molecule has 0 unspecified atom stereocenters. The van der Waals surface area contributed by atoms with Crippen LogP contribution in [0.4, 0.5) is 0 Å². The highest BCUT2D eigenvalue weighted by molar-refractivity contribution is 6.47. The molecule has 28 heavy (non-hydrogen) atoms. The molecular weight excluding hydrogens is 352 g/mol. The fraction of sp³-hybridized carbons (Fsp3) is 0.318. The van der Waals surface area contributed by atoms with Crippen molar-refractivity contribution in [3.8, 4) is 0 Å². The van der Waals surface area contributed by atoms with Gasteiger partial charge in [0.2, 0.25) is 0 Å². The van der Waals surface area contributed by atoms with Gasteiger partial charge < -0.3 is 15.0 Å². The minimum absolute atomic E-state index is 0.329. The molecule has 1 aliphatic heterocycles. The van der Waals surface area contributed by atoms with E-state index in [-0.39, 0.29) is 0 Å². The summed E-state index contributed by atoms with van der Waals surface area (Å²) < 4.78 is 0. The molecule has 0 atom stereocenters. The molecule has 0 saturated heterocycles. The molecule has 0 spiro atoms. The van der Waals surface area contributed by atoms with Crippen LogP contribution in [0, 0.1) is 6.92 Å². The van der Waals surface area contributed by atoms with Gasteiger partial charge in [0.15, 0.2) is 11.5 Å². The quantitative estimate of drug-likeness (QED) is 0.590. The van der Waals surface area contributed by atoms with Crippen molar-refractivity contribution >= 4 is 17.3 Å². The van der Waals surface area contributed by atoms with Crippen molar-refractivity contribution in [1.82, 2.24) is 5.32 Å². The average Bonchev–Trinajstić information content (AvgIpc) is 2.73. The Labute approximate surface area is 166 Å². The van der Waals surface area contributed by atoms with Gasteiger partial charge in [0.25, 0.3) is 0 Å². The van der Waals surface area contributed by atoms with Crippen LogP contribution in [0.25, 0.3) is 0 Å². The third-order valence-corrected chi connectivity index (χ3v) is 4.43. The van der Waals surface area contributed by atoms with E-state index in [9.17, 15) is 0 Å². The van der Waals surface area contributed by atoms with Gasteiger partial charge in [-0.05, 0) is 25.8 Å². The summed E-state index contributed by atoms with van der Waals surface area (Å²) >= 11 is 0. The molecule has 0 fully saturated rings. The van der Waals surface area contributed by atoms with Gasteiger partial charge in [-0.2, -0.15) is 0 Å². The van der Waals surface area contributed by atoms with E-state index in [1.54, 1.807) is 0 Å². The molecule has 0 aliphatic carbocycles. The zero-order chi connectivity index (χ0) is 19.8. The maximum Gasteiger partial charge on any atom is 0.152 e. The van der Waals surface area contributed by atoms with Crippen LogP contribution >= 0.6 is 0 Å². The van der Waals surface area contributed by atoms with E-state index < -0.39 is 0 Å². The number of hydrogen-bond donors (Lipinski definition) is 1. The first-order chi connectivity index (χ1) is 13.7. The standard InChI is InChI=1S/C22H26N4O2/c1-16-8-6-10-18(14-16)17(2)25-28-15-19-9-4-5-11-20(19)21(26-27-3)22-23-12-7-13-24-22/h4-6,8-11,14H,7,12-13,15H2,1-3H3,(H,23,24)/b25-17+,26-21+. The summed E-state index contributed by atoms with van der Waals surface area (Å²) in [6.45, 7) is 5.99. The number of benzene rings is 2. The number of nitrogens with one attached hydrogen (secondary N) is 1. The smallest absolute Gasteiger partial charge is 0.152 e. The van der Waals surface area contributed by atoms with Gasteiger partial charge >= 0.3 is 0 Å². The van der Waals surface area contributed by atoms with Gasteiger partial charge in [-0.15, -0.1) is 0 Å². The van der Waals surface area contributed by atoms with Crippen LogP contribution in [0.15, 0.2) is 63.8 Å². The molecule has 0 radical (unpaired) electrons. The van der Waals surface area contributed by atoms with Crippen molar-refractivity contribution in [2.75, 3.05) is 20.2 Å². The second-order valence-electron chi connectivity index (χ2n) is 6.61. The fourth-order valence-corrected chi connectivity index (χ4v) is 3.00. The monoisotopic (exact) mass is 378 g/mol. The van der Waals surface area contributed by atoms with Crippen molar-refractivity contribution in [1.29, 1.82) is 0 Å². The lowest BCUT2D eigenvalue weighted by Gasteiger charge is -2.17. The molecule has 6 nitrogen and oxygen atoms in total.